The van der Waals surface area contributed by atoms with E-state index in [1.807, 2.05) is 24.3 Å². The molecule has 2 saturated heterocycles. The molecule has 0 radical (unpaired) electrons. The van der Waals surface area contributed by atoms with Crippen molar-refractivity contribution in [2.24, 2.45) is 5.41 Å². The molecule has 31 heavy (non-hydrogen) atoms. The van der Waals surface area contributed by atoms with Gasteiger partial charge in [0, 0.05) is 25.4 Å². The molecular weight excluding hydrogens is 397 g/mol. The smallest absolute Gasteiger partial charge is 0.227 e. The summed E-state index contributed by atoms with van der Waals surface area (Å²) >= 11 is 0. The highest BCUT2D eigenvalue weighted by atomic mass is 19.1. The zero-order chi connectivity index (χ0) is 21.7. The minimum absolute atomic E-state index is 0.0551. The first-order valence-corrected chi connectivity index (χ1v) is 11.0. The number of methoxy groups -OCH3 is 1. The number of rotatable bonds is 6. The van der Waals surface area contributed by atoms with Gasteiger partial charge in [-0.2, -0.15) is 0 Å². The van der Waals surface area contributed by atoms with Crippen molar-refractivity contribution in [3.05, 3.63) is 53.8 Å². The summed E-state index contributed by atoms with van der Waals surface area (Å²) in [5.41, 5.74) is 2.02. The molecular formula is C25H30FNO4. The molecule has 1 amide bonds. The third kappa shape index (κ3) is 4.91. The second-order valence-electron chi connectivity index (χ2n) is 8.46. The number of carbonyl (C=O) groups is 1. The van der Waals surface area contributed by atoms with Crippen LogP contribution in [0, 0.1) is 11.2 Å². The molecule has 0 saturated carbocycles. The fourth-order valence-corrected chi connectivity index (χ4v) is 4.63. The predicted octanol–water partition coefficient (Wildman–Crippen LogP) is 4.14. The van der Waals surface area contributed by atoms with Crippen LogP contribution in [0.5, 0.6) is 5.75 Å². The van der Waals surface area contributed by atoms with Crippen LogP contribution in [0.4, 0.5) is 4.39 Å². The Morgan fingerprint density at radius 3 is 2.68 bits per heavy atom. The molecule has 2 fully saturated rings. The highest BCUT2D eigenvalue weighted by Gasteiger charge is 2.41. The minimum atomic E-state index is -0.563. The number of hydrogen-bond donors (Lipinski definition) is 1. The normalized spacial score (nSPS) is 20.8. The molecule has 5 nitrogen and oxygen atoms in total. The first-order chi connectivity index (χ1) is 15.1. The zero-order valence-corrected chi connectivity index (χ0v) is 18.0. The molecule has 1 unspecified atom stereocenters. The Morgan fingerprint density at radius 2 is 1.94 bits per heavy atom. The maximum Gasteiger partial charge on any atom is 0.227 e. The Morgan fingerprint density at radius 1 is 1.13 bits per heavy atom. The van der Waals surface area contributed by atoms with Crippen LogP contribution in [0.25, 0.3) is 11.1 Å². The Balaban J connectivity index is 1.65. The van der Waals surface area contributed by atoms with E-state index in [4.69, 9.17) is 14.2 Å². The van der Waals surface area contributed by atoms with Crippen LogP contribution in [-0.4, -0.2) is 45.5 Å². The van der Waals surface area contributed by atoms with Gasteiger partial charge in [0.1, 0.15) is 11.6 Å². The molecule has 4 rings (SSSR count). The largest absolute Gasteiger partial charge is 0.496 e. The highest BCUT2D eigenvalue weighted by Crippen LogP contribution is 2.40. The summed E-state index contributed by atoms with van der Waals surface area (Å²) in [7, 11) is 1.58. The lowest BCUT2D eigenvalue weighted by Gasteiger charge is -2.38. The van der Waals surface area contributed by atoms with Crippen molar-refractivity contribution in [1.29, 1.82) is 0 Å². The van der Waals surface area contributed by atoms with E-state index in [1.54, 1.807) is 13.2 Å². The molecule has 0 spiro atoms. The summed E-state index contributed by atoms with van der Waals surface area (Å²) in [4.78, 5) is 13.5. The van der Waals surface area contributed by atoms with Gasteiger partial charge in [0.15, 0.2) is 0 Å². The van der Waals surface area contributed by atoms with Gasteiger partial charge in [-0.1, -0.05) is 24.3 Å². The maximum atomic E-state index is 14.1. The SMILES string of the molecule is COc1ccc(F)cc1-c1ccccc1CC1(C(=O)NC2CCCOC2)CCOCC1. The van der Waals surface area contributed by atoms with Gasteiger partial charge in [0.2, 0.25) is 5.91 Å². The third-order valence-corrected chi connectivity index (χ3v) is 6.42. The van der Waals surface area contributed by atoms with Crippen LogP contribution in [0.1, 0.15) is 31.2 Å². The number of amides is 1. The number of benzene rings is 2. The molecule has 2 aromatic carbocycles. The summed E-state index contributed by atoms with van der Waals surface area (Å²) < 4.78 is 30.7. The second kappa shape index (κ2) is 9.79. The van der Waals surface area contributed by atoms with Gasteiger partial charge in [-0.15, -0.1) is 0 Å². The van der Waals surface area contributed by atoms with Gasteiger partial charge in [0.25, 0.3) is 0 Å². The van der Waals surface area contributed by atoms with E-state index in [9.17, 15) is 9.18 Å². The Labute approximate surface area is 182 Å². The minimum Gasteiger partial charge on any atom is -0.496 e. The number of halogens is 1. The molecule has 0 bridgehead atoms. The van der Waals surface area contributed by atoms with E-state index in [2.05, 4.69) is 5.32 Å². The third-order valence-electron chi connectivity index (χ3n) is 6.42. The number of carbonyl (C=O) groups excluding carboxylic acids is 1. The van der Waals surface area contributed by atoms with Crippen molar-refractivity contribution in [2.75, 3.05) is 33.5 Å². The molecule has 2 aromatic rings. The summed E-state index contributed by atoms with van der Waals surface area (Å²) in [6, 6.07) is 12.5. The van der Waals surface area contributed by atoms with Crippen LogP contribution in [0.2, 0.25) is 0 Å². The standard InChI is InChI=1S/C25H30FNO4/c1-29-23-9-8-19(26)15-22(23)21-7-3-2-5-18(21)16-25(10-13-30-14-11-25)24(28)27-20-6-4-12-31-17-20/h2-3,5,7-9,15,20H,4,6,10-14,16-17H2,1H3,(H,27,28). The number of ether oxygens (including phenoxy) is 3. The Kier molecular flexibility index (Phi) is 6.88. The molecule has 1 atom stereocenters. The van der Waals surface area contributed by atoms with Crippen molar-refractivity contribution in [3.63, 3.8) is 0 Å². The first-order valence-electron chi connectivity index (χ1n) is 11.0. The first kappa shape index (κ1) is 21.8. The summed E-state index contributed by atoms with van der Waals surface area (Å²) in [5.74, 6) is 0.354. The number of nitrogens with one attached hydrogen (secondary N) is 1. The maximum absolute atomic E-state index is 14.1. The van der Waals surface area contributed by atoms with Crippen LogP contribution in [0.15, 0.2) is 42.5 Å². The van der Waals surface area contributed by atoms with Gasteiger partial charge >= 0.3 is 0 Å². The van der Waals surface area contributed by atoms with E-state index in [-0.39, 0.29) is 17.8 Å². The summed E-state index contributed by atoms with van der Waals surface area (Å²) in [6.07, 6.45) is 3.77. The average Bonchev–Trinajstić information content (AvgIpc) is 2.81. The fraction of sp³-hybridized carbons (Fsp3) is 0.480. The van der Waals surface area contributed by atoms with Crippen molar-refractivity contribution in [3.8, 4) is 16.9 Å². The lowest BCUT2D eigenvalue weighted by molar-refractivity contribution is -0.138. The molecule has 2 aliphatic heterocycles. The molecule has 0 aromatic heterocycles. The van der Waals surface area contributed by atoms with Gasteiger partial charge < -0.3 is 19.5 Å². The van der Waals surface area contributed by atoms with Crippen LogP contribution < -0.4 is 10.1 Å². The van der Waals surface area contributed by atoms with E-state index in [0.717, 1.165) is 30.6 Å². The molecule has 2 aliphatic rings. The molecule has 166 valence electrons. The highest BCUT2D eigenvalue weighted by molar-refractivity contribution is 5.84. The molecule has 0 aliphatic carbocycles. The van der Waals surface area contributed by atoms with E-state index in [1.165, 1.54) is 12.1 Å². The molecule has 2 heterocycles. The van der Waals surface area contributed by atoms with Crippen molar-refractivity contribution < 1.29 is 23.4 Å². The van der Waals surface area contributed by atoms with Crippen LogP contribution in [-0.2, 0) is 20.7 Å². The topological polar surface area (TPSA) is 56.8 Å². The quantitative estimate of drug-likeness (QED) is 0.753. The molecule has 6 heteroatoms. The number of hydrogen-bond acceptors (Lipinski definition) is 4. The van der Waals surface area contributed by atoms with E-state index < -0.39 is 5.41 Å². The van der Waals surface area contributed by atoms with Crippen LogP contribution in [0.3, 0.4) is 0 Å². The lowest BCUT2D eigenvalue weighted by atomic mass is 9.73. The fourth-order valence-electron chi connectivity index (χ4n) is 4.63. The Hall–Kier alpha value is -2.44. The van der Waals surface area contributed by atoms with Gasteiger partial charge in [-0.3, -0.25) is 4.79 Å². The van der Waals surface area contributed by atoms with Gasteiger partial charge in [-0.05, 0) is 61.4 Å². The van der Waals surface area contributed by atoms with E-state index >= 15 is 0 Å². The lowest BCUT2D eigenvalue weighted by Crippen LogP contribution is -2.51. The van der Waals surface area contributed by atoms with Crippen molar-refractivity contribution >= 4 is 5.91 Å². The van der Waals surface area contributed by atoms with Gasteiger partial charge in [0.05, 0.1) is 25.2 Å². The van der Waals surface area contributed by atoms with E-state index in [0.29, 0.717) is 50.4 Å². The summed E-state index contributed by atoms with van der Waals surface area (Å²) in [6.45, 7) is 2.43. The average molecular weight is 428 g/mol. The van der Waals surface area contributed by atoms with Gasteiger partial charge in [-0.25, -0.2) is 4.39 Å². The van der Waals surface area contributed by atoms with Crippen molar-refractivity contribution in [1.82, 2.24) is 5.32 Å². The monoisotopic (exact) mass is 427 g/mol. The summed E-state index contributed by atoms with van der Waals surface area (Å²) in [5, 5.41) is 3.24. The second-order valence-corrected chi connectivity index (χ2v) is 8.46. The van der Waals surface area contributed by atoms with Crippen molar-refractivity contribution in [2.45, 2.75) is 38.1 Å². The predicted molar refractivity (Wildman–Crippen MR) is 117 cm³/mol. The molecule has 1 N–H and O–H groups in total. The zero-order valence-electron chi connectivity index (χ0n) is 18.0. The Bertz CT molecular complexity index is 904. The van der Waals surface area contributed by atoms with Crippen LogP contribution >= 0.6 is 0 Å².